The number of benzene rings is 2. The summed E-state index contributed by atoms with van der Waals surface area (Å²) in [5.41, 5.74) is 3.81. The van der Waals surface area contributed by atoms with Crippen LogP contribution in [0.2, 0.25) is 0 Å². The third-order valence-corrected chi connectivity index (χ3v) is 6.92. The average Bonchev–Trinajstić information content (AvgIpc) is 2.76. The van der Waals surface area contributed by atoms with Crippen molar-refractivity contribution in [1.82, 2.24) is 10.2 Å². The van der Waals surface area contributed by atoms with E-state index in [0.29, 0.717) is 5.82 Å². The standard InChI is InChI=1S/C22H24N4O2S/c1-17-8-9-18(2)20(16-17)25-12-14-26(15-13-25)21-10-11-22(24-23-21)29(27,28)19-6-4-3-5-7-19/h3-11,16H,12-15H2,1-2H3. The molecule has 0 atom stereocenters. The molecule has 1 aliphatic heterocycles. The Kier molecular flexibility index (Phi) is 5.24. The zero-order valence-corrected chi connectivity index (χ0v) is 17.4. The van der Waals surface area contributed by atoms with E-state index in [0.717, 1.165) is 26.2 Å². The molecule has 1 saturated heterocycles. The van der Waals surface area contributed by atoms with Crippen LogP contribution in [0.5, 0.6) is 0 Å². The van der Waals surface area contributed by atoms with E-state index in [9.17, 15) is 8.42 Å². The highest BCUT2D eigenvalue weighted by Crippen LogP contribution is 2.25. The summed E-state index contributed by atoms with van der Waals surface area (Å²) in [6.07, 6.45) is 0. The van der Waals surface area contributed by atoms with Gasteiger partial charge in [-0.1, -0.05) is 30.3 Å². The van der Waals surface area contributed by atoms with Crippen LogP contribution in [-0.4, -0.2) is 44.8 Å². The van der Waals surface area contributed by atoms with Crippen LogP contribution in [0.3, 0.4) is 0 Å². The van der Waals surface area contributed by atoms with E-state index in [4.69, 9.17) is 0 Å². The lowest BCUT2D eigenvalue weighted by atomic mass is 10.1. The van der Waals surface area contributed by atoms with E-state index in [1.165, 1.54) is 16.8 Å². The number of sulfone groups is 1. The number of anilines is 2. The molecule has 0 spiro atoms. The third kappa shape index (κ3) is 3.96. The molecule has 0 unspecified atom stereocenters. The quantitative estimate of drug-likeness (QED) is 0.660. The van der Waals surface area contributed by atoms with Crippen molar-refractivity contribution in [2.24, 2.45) is 0 Å². The maximum atomic E-state index is 12.7. The van der Waals surface area contributed by atoms with E-state index >= 15 is 0 Å². The molecule has 0 aliphatic carbocycles. The van der Waals surface area contributed by atoms with Gasteiger partial charge in [0, 0.05) is 31.9 Å². The van der Waals surface area contributed by atoms with Crippen LogP contribution >= 0.6 is 0 Å². The van der Waals surface area contributed by atoms with E-state index in [1.807, 2.05) is 0 Å². The lowest BCUT2D eigenvalue weighted by molar-refractivity contribution is 0.589. The highest BCUT2D eigenvalue weighted by molar-refractivity contribution is 7.91. The van der Waals surface area contributed by atoms with Crippen LogP contribution in [0.25, 0.3) is 0 Å². The van der Waals surface area contributed by atoms with Gasteiger partial charge in [0.15, 0.2) is 10.8 Å². The summed E-state index contributed by atoms with van der Waals surface area (Å²) in [7, 11) is -3.64. The fraction of sp³-hybridized carbons (Fsp3) is 0.273. The number of aryl methyl sites for hydroxylation is 2. The van der Waals surface area contributed by atoms with Crippen LogP contribution in [0.4, 0.5) is 11.5 Å². The lowest BCUT2D eigenvalue weighted by Gasteiger charge is -2.37. The Hall–Kier alpha value is -2.93. The molecule has 0 amide bonds. The predicted octanol–water partition coefficient (Wildman–Crippen LogP) is 3.25. The van der Waals surface area contributed by atoms with E-state index in [2.05, 4.69) is 52.0 Å². The minimum atomic E-state index is -3.64. The largest absolute Gasteiger partial charge is 0.368 e. The minimum Gasteiger partial charge on any atom is -0.368 e. The first-order chi connectivity index (χ1) is 13.9. The molecule has 7 heteroatoms. The van der Waals surface area contributed by atoms with Crippen molar-refractivity contribution in [3.63, 3.8) is 0 Å². The smallest absolute Gasteiger partial charge is 0.225 e. The number of nitrogens with zero attached hydrogens (tertiary/aromatic N) is 4. The monoisotopic (exact) mass is 408 g/mol. The second-order valence-corrected chi connectivity index (χ2v) is 9.21. The maximum absolute atomic E-state index is 12.7. The van der Waals surface area contributed by atoms with Crippen LogP contribution in [0.15, 0.2) is 70.6 Å². The average molecular weight is 409 g/mol. The Bertz CT molecular complexity index is 1090. The molecule has 150 valence electrons. The van der Waals surface area contributed by atoms with Gasteiger partial charge >= 0.3 is 0 Å². The zero-order chi connectivity index (χ0) is 20.4. The zero-order valence-electron chi connectivity index (χ0n) is 16.6. The van der Waals surface area contributed by atoms with Crippen molar-refractivity contribution in [1.29, 1.82) is 0 Å². The van der Waals surface area contributed by atoms with Crippen molar-refractivity contribution in [2.45, 2.75) is 23.8 Å². The van der Waals surface area contributed by atoms with Gasteiger partial charge in [-0.15, -0.1) is 10.2 Å². The molecular weight excluding hydrogens is 384 g/mol. The third-order valence-electron chi connectivity index (χ3n) is 5.26. The normalized spacial score (nSPS) is 14.8. The summed E-state index contributed by atoms with van der Waals surface area (Å²) in [5, 5.41) is 8.19. The minimum absolute atomic E-state index is 0.0264. The van der Waals surface area contributed by atoms with Crippen molar-refractivity contribution >= 4 is 21.3 Å². The van der Waals surface area contributed by atoms with Gasteiger partial charge in [0.05, 0.1) is 4.90 Å². The van der Waals surface area contributed by atoms with Gasteiger partial charge in [-0.3, -0.25) is 0 Å². The first kappa shape index (κ1) is 19.4. The van der Waals surface area contributed by atoms with Gasteiger partial charge in [-0.05, 0) is 55.3 Å². The van der Waals surface area contributed by atoms with Crippen LogP contribution < -0.4 is 9.80 Å². The fourth-order valence-corrected chi connectivity index (χ4v) is 4.73. The van der Waals surface area contributed by atoms with E-state index in [-0.39, 0.29) is 9.92 Å². The molecule has 6 nitrogen and oxygen atoms in total. The van der Waals surface area contributed by atoms with E-state index in [1.54, 1.807) is 42.5 Å². The molecule has 1 aromatic heterocycles. The second kappa shape index (κ2) is 7.83. The molecule has 1 fully saturated rings. The highest BCUT2D eigenvalue weighted by Gasteiger charge is 2.22. The van der Waals surface area contributed by atoms with Crippen molar-refractivity contribution < 1.29 is 8.42 Å². The molecule has 0 saturated carbocycles. The van der Waals surface area contributed by atoms with Gasteiger partial charge in [-0.2, -0.15) is 0 Å². The van der Waals surface area contributed by atoms with Crippen LogP contribution in [0, 0.1) is 13.8 Å². The van der Waals surface area contributed by atoms with E-state index < -0.39 is 9.84 Å². The van der Waals surface area contributed by atoms with Crippen molar-refractivity contribution in [2.75, 3.05) is 36.0 Å². The second-order valence-electron chi connectivity index (χ2n) is 7.31. The number of hydrogen-bond donors (Lipinski definition) is 0. The van der Waals surface area contributed by atoms with Gasteiger partial charge in [0.2, 0.25) is 9.84 Å². The van der Waals surface area contributed by atoms with Crippen molar-refractivity contribution in [3.05, 3.63) is 71.8 Å². The molecule has 3 aromatic rings. The Morgan fingerprint density at radius 2 is 1.48 bits per heavy atom. The highest BCUT2D eigenvalue weighted by atomic mass is 32.2. The molecular formula is C22H24N4O2S. The summed E-state index contributed by atoms with van der Waals surface area (Å²) >= 11 is 0. The molecule has 1 aliphatic rings. The lowest BCUT2D eigenvalue weighted by Crippen LogP contribution is -2.47. The number of hydrogen-bond acceptors (Lipinski definition) is 6. The van der Waals surface area contributed by atoms with Crippen LogP contribution in [0.1, 0.15) is 11.1 Å². The predicted molar refractivity (Wildman–Crippen MR) is 114 cm³/mol. The summed E-state index contributed by atoms with van der Waals surface area (Å²) in [6.45, 7) is 7.64. The molecule has 29 heavy (non-hydrogen) atoms. The van der Waals surface area contributed by atoms with Gasteiger partial charge in [0.1, 0.15) is 0 Å². The van der Waals surface area contributed by atoms with Crippen LogP contribution in [-0.2, 0) is 9.84 Å². The molecule has 4 rings (SSSR count). The topological polar surface area (TPSA) is 66.4 Å². The van der Waals surface area contributed by atoms with Gasteiger partial charge in [0.25, 0.3) is 0 Å². The molecule has 0 radical (unpaired) electrons. The number of aromatic nitrogens is 2. The summed E-state index contributed by atoms with van der Waals surface area (Å²) in [4.78, 5) is 4.76. The molecule has 0 N–H and O–H groups in total. The maximum Gasteiger partial charge on any atom is 0.225 e. The summed E-state index contributed by atoms with van der Waals surface area (Å²) in [6, 6.07) is 18.1. The number of piperazine rings is 1. The van der Waals surface area contributed by atoms with Gasteiger partial charge < -0.3 is 9.80 Å². The molecule has 0 bridgehead atoms. The summed E-state index contributed by atoms with van der Waals surface area (Å²) in [5.74, 6) is 0.706. The Morgan fingerprint density at radius 1 is 0.793 bits per heavy atom. The number of rotatable bonds is 4. The molecule has 2 heterocycles. The Morgan fingerprint density at radius 3 is 2.14 bits per heavy atom. The fourth-order valence-electron chi connectivity index (χ4n) is 3.58. The summed E-state index contributed by atoms with van der Waals surface area (Å²) < 4.78 is 25.3. The Balaban J connectivity index is 1.46. The van der Waals surface area contributed by atoms with Crippen molar-refractivity contribution in [3.8, 4) is 0 Å². The molecule has 2 aromatic carbocycles. The first-order valence-electron chi connectivity index (χ1n) is 9.66. The Labute approximate surface area is 171 Å². The van der Waals surface area contributed by atoms with Gasteiger partial charge in [-0.25, -0.2) is 8.42 Å². The first-order valence-corrected chi connectivity index (χ1v) is 11.1. The SMILES string of the molecule is Cc1ccc(C)c(N2CCN(c3ccc(S(=O)(=O)c4ccccc4)nn3)CC2)c1.